The third-order valence-corrected chi connectivity index (χ3v) is 11.7. The summed E-state index contributed by atoms with van der Waals surface area (Å²) in [6, 6.07) is -2.12. The van der Waals surface area contributed by atoms with Gasteiger partial charge >= 0.3 is 23.9 Å². The lowest BCUT2D eigenvalue weighted by Crippen LogP contribution is -2.34. The van der Waals surface area contributed by atoms with Gasteiger partial charge in [0, 0.05) is 38.8 Å². The molecule has 8 N–H and O–H groups in total. The number of esters is 2. The van der Waals surface area contributed by atoms with Crippen molar-refractivity contribution in [2.75, 3.05) is 13.1 Å². The molecule has 0 radical (unpaired) electrons. The molecule has 0 aromatic carbocycles. The molecule has 0 bridgehead atoms. The van der Waals surface area contributed by atoms with Crippen molar-refractivity contribution in [2.24, 2.45) is 0 Å². The highest BCUT2D eigenvalue weighted by Gasteiger charge is 2.26. The standard InChI is InChI=1S/C48H84Cl2N4O12/c1-3-5-19-27-41(65-45(59)33-31-37(53-49)47(61)62)39(55)25-21-15-11-7-9-13-17-23-29-43(57)51-35-36-52-44(58)30-24-18-14-10-8-12-16-22-26-40(56)42(28-20-6-4-2)66-46(60)34-32-38(54-50)48(63)64/h15-16,21-22,37-42,53-56H,3-14,17-20,23-36H2,1-2H3,(H,51,57)(H,52,58)(H,61,62)(H,63,64). The Kier molecular flexibility index (Phi) is 40.9. The van der Waals surface area contributed by atoms with E-state index in [9.17, 15) is 39.0 Å². The molecule has 16 nitrogen and oxygen atoms in total. The van der Waals surface area contributed by atoms with Crippen LogP contribution in [0, 0.1) is 0 Å². The molecule has 0 spiro atoms. The smallest absolute Gasteiger partial charge is 0.321 e. The zero-order chi connectivity index (χ0) is 49.2. The van der Waals surface area contributed by atoms with Crippen LogP contribution in [0.1, 0.15) is 194 Å². The van der Waals surface area contributed by atoms with Crippen LogP contribution in [0.2, 0.25) is 0 Å². The van der Waals surface area contributed by atoms with Gasteiger partial charge in [0.2, 0.25) is 11.8 Å². The second kappa shape index (κ2) is 43.0. The molecule has 0 aromatic heterocycles. The van der Waals surface area contributed by atoms with Crippen LogP contribution in [-0.4, -0.2) is 106 Å². The summed E-state index contributed by atoms with van der Waals surface area (Å²) in [4.78, 5) is 75.7. The van der Waals surface area contributed by atoms with E-state index in [2.05, 4.69) is 34.2 Å². The Morgan fingerprint density at radius 1 is 0.485 bits per heavy atom. The number of aliphatic hydroxyl groups excluding tert-OH is 2. The number of amides is 2. The van der Waals surface area contributed by atoms with Crippen LogP contribution in [0.5, 0.6) is 0 Å². The van der Waals surface area contributed by atoms with E-state index in [1.807, 2.05) is 24.3 Å². The number of allylic oxidation sites excluding steroid dienone is 2. The summed E-state index contributed by atoms with van der Waals surface area (Å²) in [5, 5.41) is 45.4. The number of aliphatic hydroxyl groups is 2. The van der Waals surface area contributed by atoms with Gasteiger partial charge in [-0.2, -0.15) is 0 Å². The minimum atomic E-state index is -1.15. The summed E-state index contributed by atoms with van der Waals surface area (Å²) in [6.07, 6.45) is 24.0. The monoisotopic (exact) mass is 979 g/mol. The van der Waals surface area contributed by atoms with Crippen LogP contribution in [-0.2, 0) is 38.2 Å². The lowest BCUT2D eigenvalue weighted by atomic mass is 10.0. The highest BCUT2D eigenvalue weighted by atomic mass is 35.5. The molecule has 66 heavy (non-hydrogen) atoms. The van der Waals surface area contributed by atoms with E-state index in [-0.39, 0.29) is 37.5 Å². The fraction of sp³-hybridized carbons (Fsp3) is 0.792. The van der Waals surface area contributed by atoms with Crippen molar-refractivity contribution in [3.05, 3.63) is 24.3 Å². The van der Waals surface area contributed by atoms with Gasteiger partial charge in [-0.1, -0.05) is 102 Å². The highest BCUT2D eigenvalue weighted by molar-refractivity contribution is 6.15. The number of carbonyl (C=O) groups excluding carboxylic acids is 4. The van der Waals surface area contributed by atoms with Gasteiger partial charge in [0.1, 0.15) is 24.3 Å². The normalized spacial score (nSPS) is 14.3. The number of unbranched alkanes of at least 4 members (excludes halogenated alkanes) is 14. The number of aliphatic carboxylic acids is 2. The molecule has 382 valence electrons. The van der Waals surface area contributed by atoms with Crippen molar-refractivity contribution < 1.29 is 58.7 Å². The predicted octanol–water partition coefficient (Wildman–Crippen LogP) is 8.23. The van der Waals surface area contributed by atoms with E-state index in [4.69, 9.17) is 43.2 Å². The van der Waals surface area contributed by atoms with Crippen LogP contribution in [0.3, 0.4) is 0 Å². The quantitative estimate of drug-likeness (QED) is 0.0124. The Bertz CT molecular complexity index is 1270. The summed E-state index contributed by atoms with van der Waals surface area (Å²) in [7, 11) is 0. The molecule has 0 aliphatic carbocycles. The van der Waals surface area contributed by atoms with Crippen LogP contribution < -0.4 is 20.3 Å². The minimum Gasteiger partial charge on any atom is -0.480 e. The maximum absolute atomic E-state index is 12.4. The number of carboxylic acid groups (broad SMARTS) is 2. The summed E-state index contributed by atoms with van der Waals surface area (Å²) in [5.41, 5.74) is 0. The number of ether oxygens (including phenoxy) is 2. The lowest BCUT2D eigenvalue weighted by Gasteiger charge is -2.23. The Labute approximate surface area is 404 Å². The molecule has 0 aromatic rings. The third-order valence-electron chi connectivity index (χ3n) is 11.1. The molecular formula is C48H84Cl2N4O12. The summed E-state index contributed by atoms with van der Waals surface area (Å²) >= 11 is 10.9. The van der Waals surface area contributed by atoms with E-state index in [1.165, 1.54) is 0 Å². The molecular weight excluding hydrogens is 895 g/mol. The van der Waals surface area contributed by atoms with E-state index in [0.717, 1.165) is 116 Å². The van der Waals surface area contributed by atoms with Crippen LogP contribution >= 0.6 is 23.6 Å². The third kappa shape index (κ3) is 35.9. The van der Waals surface area contributed by atoms with Crippen molar-refractivity contribution >= 4 is 59.2 Å². The molecule has 2 amide bonds. The van der Waals surface area contributed by atoms with Crippen molar-refractivity contribution in [1.29, 1.82) is 0 Å². The molecule has 0 saturated carbocycles. The summed E-state index contributed by atoms with van der Waals surface area (Å²) in [6.45, 7) is 4.92. The largest absolute Gasteiger partial charge is 0.480 e. The Morgan fingerprint density at radius 3 is 1.20 bits per heavy atom. The van der Waals surface area contributed by atoms with Crippen molar-refractivity contribution in [1.82, 2.24) is 20.3 Å². The summed E-state index contributed by atoms with van der Waals surface area (Å²) < 4.78 is 11.1. The fourth-order valence-corrected chi connectivity index (χ4v) is 7.43. The van der Waals surface area contributed by atoms with E-state index in [1.54, 1.807) is 0 Å². The average Bonchev–Trinajstić information content (AvgIpc) is 3.28. The fourth-order valence-electron chi connectivity index (χ4n) is 7.03. The lowest BCUT2D eigenvalue weighted by molar-refractivity contribution is -0.157. The van der Waals surface area contributed by atoms with Crippen LogP contribution in [0.4, 0.5) is 0 Å². The zero-order valence-electron chi connectivity index (χ0n) is 39.8. The SMILES string of the molecule is CCCCCC(OC(=O)CCC(NCl)C(=O)O)C(O)CC=CCCCCCCCC(=O)NCCNC(=O)CCCCCCCC=CCC(O)C(CCCCC)OC(=O)CCC(NCl)C(=O)O. The first-order chi connectivity index (χ1) is 31.8. The Morgan fingerprint density at radius 2 is 0.848 bits per heavy atom. The number of nitrogens with one attached hydrogen (secondary N) is 4. The number of halogens is 2. The van der Waals surface area contributed by atoms with Crippen molar-refractivity contribution in [2.45, 2.75) is 230 Å². The van der Waals surface area contributed by atoms with Crippen LogP contribution in [0.15, 0.2) is 24.3 Å². The molecule has 0 aliphatic rings. The van der Waals surface area contributed by atoms with Gasteiger partial charge in [0.25, 0.3) is 0 Å². The second-order valence-electron chi connectivity index (χ2n) is 17.0. The maximum atomic E-state index is 12.4. The first-order valence-electron chi connectivity index (χ1n) is 24.6. The first kappa shape index (κ1) is 62.7. The number of hydrogen-bond donors (Lipinski definition) is 8. The molecule has 0 heterocycles. The van der Waals surface area contributed by atoms with Gasteiger partial charge < -0.3 is 40.5 Å². The van der Waals surface area contributed by atoms with Crippen LogP contribution in [0.25, 0.3) is 0 Å². The predicted molar refractivity (Wildman–Crippen MR) is 258 cm³/mol. The molecule has 0 rings (SSSR count). The minimum absolute atomic E-state index is 0.0155. The first-order valence-corrected chi connectivity index (χ1v) is 25.3. The van der Waals surface area contributed by atoms with Gasteiger partial charge in [-0.3, -0.25) is 28.8 Å². The molecule has 0 aliphatic heterocycles. The number of rotatable bonds is 45. The summed E-state index contributed by atoms with van der Waals surface area (Å²) in [5.74, 6) is -3.48. The van der Waals surface area contributed by atoms with Gasteiger partial charge in [0.15, 0.2) is 0 Å². The van der Waals surface area contributed by atoms with E-state index < -0.39 is 60.4 Å². The molecule has 6 unspecified atom stereocenters. The van der Waals surface area contributed by atoms with Gasteiger partial charge in [0.05, 0.1) is 12.2 Å². The number of hydrogen-bond acceptors (Lipinski definition) is 12. The van der Waals surface area contributed by atoms with Gasteiger partial charge in [-0.25, -0.2) is 9.67 Å². The van der Waals surface area contributed by atoms with Crippen molar-refractivity contribution in [3.8, 4) is 0 Å². The maximum Gasteiger partial charge on any atom is 0.321 e. The van der Waals surface area contributed by atoms with Gasteiger partial charge in [-0.15, -0.1) is 0 Å². The molecule has 6 atom stereocenters. The van der Waals surface area contributed by atoms with Gasteiger partial charge in [-0.05, 0) is 113 Å². The molecule has 0 saturated heterocycles. The number of carboxylic acids is 2. The van der Waals surface area contributed by atoms with Crippen molar-refractivity contribution in [3.63, 3.8) is 0 Å². The molecule has 0 fully saturated rings. The number of carbonyl (C=O) groups is 6. The molecule has 18 heteroatoms. The average molecular weight is 980 g/mol. The highest BCUT2D eigenvalue weighted by Crippen LogP contribution is 2.18. The second-order valence-corrected chi connectivity index (χ2v) is 17.4. The Hall–Kier alpha value is -3.28. The van der Waals surface area contributed by atoms with E-state index >= 15 is 0 Å². The zero-order valence-corrected chi connectivity index (χ0v) is 41.3. The Balaban J connectivity index is 4.04. The topological polar surface area (TPSA) is 250 Å². The van der Waals surface area contributed by atoms with E-state index in [0.29, 0.717) is 51.6 Å².